The van der Waals surface area contributed by atoms with Gasteiger partial charge in [-0.15, -0.1) is 0 Å². The number of rotatable bonds is 4. The summed E-state index contributed by atoms with van der Waals surface area (Å²) in [5.41, 5.74) is 2.24. The molecule has 0 radical (unpaired) electrons. The first-order valence-corrected chi connectivity index (χ1v) is 8.52. The van der Waals surface area contributed by atoms with Crippen molar-refractivity contribution in [2.45, 2.75) is 32.9 Å². The van der Waals surface area contributed by atoms with E-state index in [0.29, 0.717) is 35.1 Å². The summed E-state index contributed by atoms with van der Waals surface area (Å²) in [7, 11) is 0. The van der Waals surface area contributed by atoms with Crippen LogP contribution in [0.1, 0.15) is 25.8 Å². The van der Waals surface area contributed by atoms with Crippen LogP contribution < -0.4 is 15.0 Å². The maximum atomic E-state index is 12.6. The first kappa shape index (κ1) is 17.3. The molecule has 2 aromatic rings. The van der Waals surface area contributed by atoms with Gasteiger partial charge in [0.2, 0.25) is 5.91 Å². The Kier molecular flexibility index (Phi) is 4.95. The van der Waals surface area contributed by atoms with Gasteiger partial charge in [-0.2, -0.15) is 0 Å². The van der Waals surface area contributed by atoms with Crippen molar-refractivity contribution in [3.8, 4) is 5.75 Å². The highest BCUT2D eigenvalue weighted by Crippen LogP contribution is 2.37. The highest BCUT2D eigenvalue weighted by Gasteiger charge is 2.31. The molecule has 1 heterocycles. The molecule has 0 bridgehead atoms. The molecule has 25 heavy (non-hydrogen) atoms. The van der Waals surface area contributed by atoms with Gasteiger partial charge in [-0.25, -0.2) is 0 Å². The average molecular weight is 359 g/mol. The van der Waals surface area contributed by atoms with Crippen molar-refractivity contribution >= 4 is 34.8 Å². The summed E-state index contributed by atoms with van der Waals surface area (Å²) in [6.45, 7) is 3.92. The van der Waals surface area contributed by atoms with E-state index in [0.717, 1.165) is 5.56 Å². The lowest BCUT2D eigenvalue weighted by Gasteiger charge is -2.33. The Labute approximate surface area is 151 Å². The number of halogens is 1. The van der Waals surface area contributed by atoms with E-state index in [-0.39, 0.29) is 11.8 Å². The number of hydrogen-bond acceptors (Lipinski definition) is 3. The molecule has 1 aliphatic heterocycles. The van der Waals surface area contributed by atoms with E-state index < -0.39 is 6.10 Å². The fraction of sp³-hybridized carbons (Fsp3) is 0.263. The summed E-state index contributed by atoms with van der Waals surface area (Å²) in [6, 6.07) is 12.7. The fourth-order valence-corrected chi connectivity index (χ4v) is 2.80. The van der Waals surface area contributed by atoms with Gasteiger partial charge in [0.1, 0.15) is 5.75 Å². The first-order valence-electron chi connectivity index (χ1n) is 8.14. The molecule has 0 aliphatic carbocycles. The van der Waals surface area contributed by atoms with Crippen LogP contribution >= 0.6 is 11.6 Å². The van der Waals surface area contributed by atoms with Crippen molar-refractivity contribution in [1.29, 1.82) is 0 Å². The maximum absolute atomic E-state index is 12.6. The van der Waals surface area contributed by atoms with Gasteiger partial charge in [-0.1, -0.05) is 30.7 Å². The van der Waals surface area contributed by atoms with Crippen LogP contribution in [0.2, 0.25) is 5.02 Å². The normalized spacial score (nSPS) is 16.2. The summed E-state index contributed by atoms with van der Waals surface area (Å²) in [5, 5.41) is 3.46. The SMILES string of the molecule is CCC(=O)Nc1ccc2c(c1)N(Cc1ccc(Cl)cc1)C(=O)[C@@H](C)O2. The van der Waals surface area contributed by atoms with Gasteiger partial charge in [0.05, 0.1) is 12.2 Å². The van der Waals surface area contributed by atoms with E-state index in [9.17, 15) is 9.59 Å². The molecular weight excluding hydrogens is 340 g/mol. The minimum absolute atomic E-state index is 0.0828. The Hall–Kier alpha value is -2.53. The van der Waals surface area contributed by atoms with Crippen molar-refractivity contribution in [3.63, 3.8) is 0 Å². The van der Waals surface area contributed by atoms with Crippen molar-refractivity contribution in [3.05, 3.63) is 53.1 Å². The number of carbonyl (C=O) groups is 2. The van der Waals surface area contributed by atoms with Gasteiger partial charge >= 0.3 is 0 Å². The van der Waals surface area contributed by atoms with Gasteiger partial charge in [0, 0.05) is 17.1 Å². The smallest absolute Gasteiger partial charge is 0.268 e. The summed E-state index contributed by atoms with van der Waals surface area (Å²) < 4.78 is 5.69. The first-order chi connectivity index (χ1) is 12.0. The van der Waals surface area contributed by atoms with Crippen LogP contribution in [-0.4, -0.2) is 17.9 Å². The standard InChI is InChI=1S/C19H19ClN2O3/c1-3-18(23)21-15-8-9-17-16(10-15)22(19(24)12(2)25-17)11-13-4-6-14(20)7-5-13/h4-10,12H,3,11H2,1-2H3,(H,21,23)/t12-/m1/s1. The maximum Gasteiger partial charge on any atom is 0.268 e. The number of amides is 2. The van der Waals surface area contributed by atoms with Crippen LogP contribution in [0.25, 0.3) is 0 Å². The molecule has 3 rings (SSSR count). The van der Waals surface area contributed by atoms with Crippen LogP contribution in [0, 0.1) is 0 Å². The van der Waals surface area contributed by atoms with Crippen LogP contribution in [0.3, 0.4) is 0 Å². The minimum Gasteiger partial charge on any atom is -0.479 e. The Bertz CT molecular complexity index is 805. The molecule has 0 saturated carbocycles. The molecule has 2 aromatic carbocycles. The van der Waals surface area contributed by atoms with Gasteiger partial charge in [-0.05, 0) is 42.8 Å². The molecule has 130 valence electrons. The monoisotopic (exact) mass is 358 g/mol. The summed E-state index contributed by atoms with van der Waals surface area (Å²) in [6.07, 6.45) is -0.172. The Morgan fingerprint density at radius 1 is 1.24 bits per heavy atom. The Morgan fingerprint density at radius 2 is 1.96 bits per heavy atom. The van der Waals surface area contributed by atoms with E-state index in [4.69, 9.17) is 16.3 Å². The fourth-order valence-electron chi connectivity index (χ4n) is 2.67. The third-order valence-electron chi connectivity index (χ3n) is 4.03. The zero-order valence-corrected chi connectivity index (χ0v) is 14.8. The third kappa shape index (κ3) is 3.77. The molecule has 0 fully saturated rings. The van der Waals surface area contributed by atoms with Crippen molar-refractivity contribution in [2.24, 2.45) is 0 Å². The van der Waals surface area contributed by atoms with Crippen LogP contribution in [0.4, 0.5) is 11.4 Å². The molecular formula is C19H19ClN2O3. The summed E-state index contributed by atoms with van der Waals surface area (Å²) in [5.74, 6) is 0.414. The molecule has 0 aromatic heterocycles. The van der Waals surface area contributed by atoms with Gasteiger partial charge in [0.25, 0.3) is 5.91 Å². The number of carbonyl (C=O) groups excluding carboxylic acids is 2. The lowest BCUT2D eigenvalue weighted by atomic mass is 10.1. The predicted molar refractivity (Wildman–Crippen MR) is 98.1 cm³/mol. The number of benzene rings is 2. The van der Waals surface area contributed by atoms with Crippen LogP contribution in [0.15, 0.2) is 42.5 Å². The highest BCUT2D eigenvalue weighted by molar-refractivity contribution is 6.30. The molecule has 0 unspecified atom stereocenters. The van der Waals surface area contributed by atoms with E-state index in [1.165, 1.54) is 0 Å². The van der Waals surface area contributed by atoms with Gasteiger partial charge < -0.3 is 15.0 Å². The van der Waals surface area contributed by atoms with Crippen LogP contribution in [0.5, 0.6) is 5.75 Å². The van der Waals surface area contributed by atoms with Crippen LogP contribution in [-0.2, 0) is 16.1 Å². The number of fused-ring (bicyclic) bond motifs is 1. The molecule has 5 nitrogen and oxygen atoms in total. The number of anilines is 2. The van der Waals surface area contributed by atoms with Gasteiger partial charge in [-0.3, -0.25) is 9.59 Å². The van der Waals surface area contributed by atoms with Crippen molar-refractivity contribution in [1.82, 2.24) is 0 Å². The summed E-state index contributed by atoms with van der Waals surface area (Å²) in [4.78, 5) is 25.9. The second-order valence-corrected chi connectivity index (χ2v) is 6.33. The molecule has 1 N–H and O–H groups in total. The highest BCUT2D eigenvalue weighted by atomic mass is 35.5. The van der Waals surface area contributed by atoms with E-state index in [1.54, 1.807) is 49.1 Å². The zero-order valence-electron chi connectivity index (χ0n) is 14.1. The predicted octanol–water partition coefficient (Wildman–Crippen LogP) is 4.00. The topological polar surface area (TPSA) is 58.6 Å². The largest absolute Gasteiger partial charge is 0.479 e. The molecule has 2 amide bonds. The molecule has 0 saturated heterocycles. The lowest BCUT2D eigenvalue weighted by molar-refractivity contribution is -0.125. The summed E-state index contributed by atoms with van der Waals surface area (Å²) >= 11 is 5.93. The number of hydrogen-bond donors (Lipinski definition) is 1. The van der Waals surface area contributed by atoms with E-state index >= 15 is 0 Å². The second kappa shape index (κ2) is 7.15. The number of ether oxygens (including phenoxy) is 1. The van der Waals surface area contributed by atoms with E-state index in [2.05, 4.69) is 5.32 Å². The van der Waals surface area contributed by atoms with Crippen molar-refractivity contribution < 1.29 is 14.3 Å². The molecule has 6 heteroatoms. The van der Waals surface area contributed by atoms with E-state index in [1.807, 2.05) is 12.1 Å². The molecule has 0 spiro atoms. The quantitative estimate of drug-likeness (QED) is 0.898. The number of nitrogens with zero attached hydrogens (tertiary/aromatic N) is 1. The molecule has 1 aliphatic rings. The Balaban J connectivity index is 1.94. The van der Waals surface area contributed by atoms with Gasteiger partial charge in [0.15, 0.2) is 6.10 Å². The minimum atomic E-state index is -0.559. The third-order valence-corrected chi connectivity index (χ3v) is 4.28. The molecule has 1 atom stereocenters. The number of nitrogens with one attached hydrogen (secondary N) is 1. The second-order valence-electron chi connectivity index (χ2n) is 5.90. The average Bonchev–Trinajstić information content (AvgIpc) is 2.61. The Morgan fingerprint density at radius 3 is 2.64 bits per heavy atom. The lowest BCUT2D eigenvalue weighted by Crippen LogP contribution is -2.44. The van der Waals surface area contributed by atoms with Crippen molar-refractivity contribution in [2.75, 3.05) is 10.2 Å². The zero-order chi connectivity index (χ0) is 18.0.